The zero-order chi connectivity index (χ0) is 15.0. The van der Waals surface area contributed by atoms with Gasteiger partial charge in [-0.3, -0.25) is 0 Å². The normalized spacial score (nSPS) is 14.8. The summed E-state index contributed by atoms with van der Waals surface area (Å²) in [7, 11) is 0. The van der Waals surface area contributed by atoms with Crippen molar-refractivity contribution in [1.82, 2.24) is 0 Å². The molecular formula is C12H11F6O. The van der Waals surface area contributed by atoms with Crippen LogP contribution in [0.2, 0.25) is 0 Å². The van der Waals surface area contributed by atoms with Gasteiger partial charge in [0.2, 0.25) is 0 Å². The van der Waals surface area contributed by atoms with Gasteiger partial charge >= 0.3 is 12.4 Å². The van der Waals surface area contributed by atoms with Crippen molar-refractivity contribution >= 4 is 0 Å². The Balaban J connectivity index is 3.42. The molecule has 1 aromatic carbocycles. The molecule has 1 unspecified atom stereocenters. The van der Waals surface area contributed by atoms with E-state index in [0.29, 0.717) is 12.1 Å². The highest BCUT2D eigenvalue weighted by Gasteiger charge is 2.39. The van der Waals surface area contributed by atoms with Crippen molar-refractivity contribution in [2.75, 3.05) is 0 Å². The Morgan fingerprint density at radius 3 is 1.84 bits per heavy atom. The van der Waals surface area contributed by atoms with Crippen LogP contribution < -0.4 is 0 Å². The van der Waals surface area contributed by atoms with Crippen LogP contribution in [0, 0.1) is 5.92 Å². The summed E-state index contributed by atoms with van der Waals surface area (Å²) >= 11 is 0. The van der Waals surface area contributed by atoms with Crippen LogP contribution in [0.3, 0.4) is 0 Å². The van der Waals surface area contributed by atoms with Gasteiger partial charge < -0.3 is 0 Å². The fourth-order valence-electron chi connectivity index (χ4n) is 1.59. The van der Waals surface area contributed by atoms with Gasteiger partial charge in [-0.25, -0.2) is 5.11 Å². The highest BCUT2D eigenvalue weighted by Crippen LogP contribution is 2.40. The Morgan fingerprint density at radius 2 is 1.47 bits per heavy atom. The van der Waals surface area contributed by atoms with Crippen LogP contribution >= 0.6 is 0 Å². The van der Waals surface area contributed by atoms with Gasteiger partial charge in [0, 0.05) is 0 Å². The molecule has 1 rings (SSSR count). The summed E-state index contributed by atoms with van der Waals surface area (Å²) in [5.41, 5.74) is -3.59. The van der Waals surface area contributed by atoms with Gasteiger partial charge in [-0.05, 0) is 23.6 Å². The number of halogens is 6. The molecule has 0 aliphatic rings. The molecule has 0 saturated heterocycles. The Hall–Kier alpha value is -1.24. The molecule has 7 heteroatoms. The van der Waals surface area contributed by atoms with Crippen molar-refractivity contribution in [3.8, 4) is 0 Å². The third-order valence-electron chi connectivity index (χ3n) is 2.60. The summed E-state index contributed by atoms with van der Waals surface area (Å²) < 4.78 is 75.4. The molecule has 19 heavy (non-hydrogen) atoms. The molecule has 0 spiro atoms. The van der Waals surface area contributed by atoms with Crippen LogP contribution in [0.5, 0.6) is 0 Å². The van der Waals surface area contributed by atoms with E-state index in [1.165, 1.54) is 13.8 Å². The number of alkyl halides is 6. The van der Waals surface area contributed by atoms with E-state index < -0.39 is 41.1 Å². The lowest BCUT2D eigenvalue weighted by molar-refractivity contribution is -0.144. The maximum Gasteiger partial charge on any atom is 0.416 e. The monoisotopic (exact) mass is 285 g/mol. The van der Waals surface area contributed by atoms with Gasteiger partial charge in [0.1, 0.15) is 6.10 Å². The first-order valence-electron chi connectivity index (χ1n) is 5.38. The average Bonchev–Trinajstić information content (AvgIpc) is 2.24. The third-order valence-corrected chi connectivity index (χ3v) is 2.60. The van der Waals surface area contributed by atoms with E-state index in [1.807, 2.05) is 0 Å². The summed E-state index contributed by atoms with van der Waals surface area (Å²) in [5, 5.41) is 11.7. The minimum Gasteiger partial charge on any atom is -0.228 e. The first-order valence-corrected chi connectivity index (χ1v) is 5.38. The van der Waals surface area contributed by atoms with Crippen molar-refractivity contribution < 1.29 is 31.4 Å². The molecule has 1 aromatic rings. The molecule has 0 aliphatic heterocycles. The molecule has 1 radical (unpaired) electrons. The Morgan fingerprint density at radius 1 is 0.947 bits per heavy atom. The van der Waals surface area contributed by atoms with Crippen LogP contribution in [-0.4, -0.2) is 0 Å². The molecule has 0 N–H and O–H groups in total. The minimum absolute atomic E-state index is 0.0113. The summed E-state index contributed by atoms with van der Waals surface area (Å²) in [6.07, 6.45) is -11.6. The van der Waals surface area contributed by atoms with Crippen molar-refractivity contribution in [1.29, 1.82) is 0 Å². The van der Waals surface area contributed by atoms with Gasteiger partial charge in [0.15, 0.2) is 0 Å². The highest BCUT2D eigenvalue weighted by molar-refractivity contribution is 5.37. The van der Waals surface area contributed by atoms with Gasteiger partial charge in [-0.15, -0.1) is 0 Å². The Kier molecular flexibility index (Phi) is 4.19. The van der Waals surface area contributed by atoms with E-state index >= 15 is 0 Å². The number of hydrogen-bond acceptors (Lipinski definition) is 0. The largest absolute Gasteiger partial charge is 0.416 e. The third kappa shape index (κ3) is 3.62. The SMILES string of the molecule is CC(C)C([O])c1ccc(C(F)(F)F)cc1C(F)(F)F. The second-order valence-electron chi connectivity index (χ2n) is 4.46. The molecule has 0 bridgehead atoms. The van der Waals surface area contributed by atoms with E-state index in [0.717, 1.165) is 0 Å². The van der Waals surface area contributed by atoms with Crippen molar-refractivity contribution in [3.63, 3.8) is 0 Å². The van der Waals surface area contributed by atoms with Gasteiger partial charge in [0.05, 0.1) is 11.1 Å². The molecule has 0 amide bonds. The highest BCUT2D eigenvalue weighted by atomic mass is 19.4. The zero-order valence-corrected chi connectivity index (χ0v) is 10.1. The van der Waals surface area contributed by atoms with Crippen LogP contribution in [0.15, 0.2) is 18.2 Å². The predicted molar refractivity (Wildman–Crippen MR) is 54.7 cm³/mol. The Labute approximate surface area is 105 Å². The average molecular weight is 285 g/mol. The van der Waals surface area contributed by atoms with E-state index in [4.69, 9.17) is 0 Å². The van der Waals surface area contributed by atoms with E-state index in [1.54, 1.807) is 0 Å². The minimum atomic E-state index is -4.99. The second kappa shape index (κ2) is 5.03. The quantitative estimate of drug-likeness (QED) is 0.692. The zero-order valence-electron chi connectivity index (χ0n) is 10.1. The molecule has 0 aliphatic carbocycles. The van der Waals surface area contributed by atoms with Gasteiger partial charge in [-0.1, -0.05) is 19.9 Å². The lowest BCUT2D eigenvalue weighted by atomic mass is 9.93. The van der Waals surface area contributed by atoms with E-state index in [9.17, 15) is 31.4 Å². The van der Waals surface area contributed by atoms with Crippen LogP contribution in [-0.2, 0) is 17.5 Å². The lowest BCUT2D eigenvalue weighted by Crippen LogP contribution is -2.16. The number of rotatable bonds is 2. The molecule has 0 saturated carbocycles. The van der Waals surface area contributed by atoms with Gasteiger partial charge in [0.25, 0.3) is 0 Å². The summed E-state index contributed by atoms with van der Waals surface area (Å²) in [4.78, 5) is 0. The molecule has 107 valence electrons. The smallest absolute Gasteiger partial charge is 0.228 e. The lowest BCUT2D eigenvalue weighted by Gasteiger charge is -2.20. The summed E-state index contributed by atoms with van der Waals surface area (Å²) in [6, 6.07) is 1.10. The molecular weight excluding hydrogens is 274 g/mol. The molecule has 0 fully saturated rings. The molecule has 1 atom stereocenters. The van der Waals surface area contributed by atoms with Crippen LogP contribution in [0.1, 0.15) is 36.6 Å². The topological polar surface area (TPSA) is 19.9 Å². The number of hydrogen-bond donors (Lipinski definition) is 0. The fourth-order valence-corrected chi connectivity index (χ4v) is 1.59. The van der Waals surface area contributed by atoms with E-state index in [-0.39, 0.29) is 6.07 Å². The summed E-state index contributed by atoms with van der Waals surface area (Å²) in [6.45, 7) is 2.82. The maximum absolute atomic E-state index is 12.7. The maximum atomic E-state index is 12.7. The fraction of sp³-hybridized carbons (Fsp3) is 0.500. The predicted octanol–water partition coefficient (Wildman–Crippen LogP) is 4.85. The summed E-state index contributed by atoms with van der Waals surface area (Å²) in [5.74, 6) is -0.655. The van der Waals surface area contributed by atoms with Crippen LogP contribution in [0.4, 0.5) is 26.3 Å². The Bertz CT molecular complexity index is 447. The molecule has 1 nitrogen and oxygen atoms in total. The molecule has 0 heterocycles. The first kappa shape index (κ1) is 15.8. The molecule has 0 aromatic heterocycles. The van der Waals surface area contributed by atoms with E-state index in [2.05, 4.69) is 0 Å². The van der Waals surface area contributed by atoms with Crippen molar-refractivity contribution in [2.45, 2.75) is 32.3 Å². The number of benzene rings is 1. The standard InChI is InChI=1S/C12H11F6O/c1-6(2)10(19)8-4-3-7(11(13,14)15)5-9(8)12(16,17)18/h3-6,10H,1-2H3. The first-order chi connectivity index (χ1) is 8.44. The van der Waals surface area contributed by atoms with Crippen molar-refractivity contribution in [3.05, 3.63) is 34.9 Å². The van der Waals surface area contributed by atoms with Gasteiger partial charge in [-0.2, -0.15) is 26.3 Å². The second-order valence-corrected chi connectivity index (χ2v) is 4.46. The van der Waals surface area contributed by atoms with Crippen LogP contribution in [0.25, 0.3) is 0 Å². The van der Waals surface area contributed by atoms with Crippen molar-refractivity contribution in [2.24, 2.45) is 5.92 Å².